The van der Waals surface area contributed by atoms with Crippen LogP contribution in [-0.2, 0) is 72.0 Å². The number of aryl methyl sites for hydroxylation is 6. The van der Waals surface area contributed by atoms with Crippen LogP contribution >= 0.6 is 0 Å². The normalized spacial score (nSPS) is 12.6. The molecule has 9 N–H and O–H groups in total. The Morgan fingerprint density at radius 3 is 1.37 bits per heavy atom. The Bertz CT molecular complexity index is 5770. The van der Waals surface area contributed by atoms with Gasteiger partial charge in [0, 0.05) is 138 Å². The fourth-order valence-electron chi connectivity index (χ4n) is 12.3. The number of halogens is 4. The predicted molar refractivity (Wildman–Crippen MR) is 427 cm³/mol. The number of nitrogens with zero attached hydrogens (tertiary/aromatic N) is 9. The third-order valence-electron chi connectivity index (χ3n) is 16.6. The number of aliphatic hydroxyl groups is 1. The number of rotatable bonds is 20. The van der Waals surface area contributed by atoms with Crippen molar-refractivity contribution in [3.63, 3.8) is 0 Å². The Kier molecular flexibility index (Phi) is 46.6. The van der Waals surface area contributed by atoms with Crippen molar-refractivity contribution in [2.75, 3.05) is 33.3 Å². The van der Waals surface area contributed by atoms with Crippen molar-refractivity contribution in [2.24, 2.45) is 5.90 Å². The van der Waals surface area contributed by atoms with Crippen molar-refractivity contribution < 1.29 is 185 Å². The molecular formula is C77H88BF4KN15Na2O14S3-. The van der Waals surface area contributed by atoms with Crippen molar-refractivity contribution >= 4 is 105 Å². The topological polar surface area (TPSA) is 460 Å². The van der Waals surface area contributed by atoms with Gasteiger partial charge in [-0.1, -0.05) is 25.6 Å². The summed E-state index contributed by atoms with van der Waals surface area (Å²) in [6, 6.07) is 31.5. The number of carbonyl (C=O) groups excluding carboxylic acids is 1. The Labute approximate surface area is 768 Å². The van der Waals surface area contributed by atoms with Crippen LogP contribution in [0.4, 0.5) is 34.6 Å². The fourth-order valence-corrected chi connectivity index (χ4v) is 17.4. The first-order chi connectivity index (χ1) is 52.9. The molecule has 29 nitrogen and oxygen atoms in total. The molecule has 0 spiro atoms. The predicted octanol–water partition coefficient (Wildman–Crippen LogP) is 3.93. The molecule has 117 heavy (non-hydrogen) atoms. The molecule has 0 amide bonds. The minimum absolute atomic E-state index is 0. The van der Waals surface area contributed by atoms with E-state index >= 15 is 0 Å². The summed E-state index contributed by atoms with van der Waals surface area (Å²) < 4.78 is 144. The number of nitro benzene ring substituents is 2. The van der Waals surface area contributed by atoms with Gasteiger partial charge in [0.25, 0.3) is 21.4 Å². The van der Waals surface area contributed by atoms with Gasteiger partial charge in [0.05, 0.1) is 53.0 Å². The summed E-state index contributed by atoms with van der Waals surface area (Å²) in [4.78, 5) is 40.9. The summed E-state index contributed by atoms with van der Waals surface area (Å²) in [5.74, 6) is 3.10. The van der Waals surface area contributed by atoms with Gasteiger partial charge in [0.2, 0.25) is 20.0 Å². The summed E-state index contributed by atoms with van der Waals surface area (Å²) in [5.41, 5.74) is 14.5. The number of nitrogen functional groups attached to an aromatic ring is 1. The van der Waals surface area contributed by atoms with Crippen LogP contribution in [0.3, 0.4) is 0 Å². The van der Waals surface area contributed by atoms with E-state index in [2.05, 4.69) is 41.0 Å². The van der Waals surface area contributed by atoms with Gasteiger partial charge >= 0.3 is 110 Å². The molecule has 4 aromatic heterocycles. The smallest absolute Gasteiger partial charge is 1.00 e. The van der Waals surface area contributed by atoms with Crippen molar-refractivity contribution in [1.29, 1.82) is 21.0 Å². The largest absolute Gasteiger partial charge is 1.00 e. The number of aliphatic hydroxyl groups excluding tert-OH is 1. The fraction of sp³-hybridized carbons (Fsp3) is 0.286. The second kappa shape index (κ2) is 50.1. The zero-order valence-corrected chi connectivity index (χ0v) is 75.8. The summed E-state index contributed by atoms with van der Waals surface area (Å²) in [7, 11) is -9.24. The molecule has 4 radical (unpaired) electrons. The zero-order chi connectivity index (χ0) is 83.9. The van der Waals surface area contributed by atoms with E-state index in [-0.39, 0.29) is 210 Å². The molecule has 0 saturated carbocycles. The van der Waals surface area contributed by atoms with Crippen molar-refractivity contribution in [3.8, 4) is 18.2 Å². The van der Waals surface area contributed by atoms with Crippen molar-refractivity contribution in [1.82, 2.24) is 32.9 Å². The number of hydrogen-bond donors (Lipinski definition) is 7. The quantitative estimate of drug-likeness (QED) is 0.00654. The summed E-state index contributed by atoms with van der Waals surface area (Å²) >= 11 is 0. The molecule has 4 atom stereocenters. The first-order valence-corrected chi connectivity index (χ1v) is 37.9. The van der Waals surface area contributed by atoms with E-state index in [9.17, 15) is 67.8 Å². The number of fused-ring (bicyclic) bond motifs is 4. The minimum Gasteiger partial charge on any atom is -1.00 e. The molecule has 1 fully saturated rings. The molecule has 1 unspecified atom stereocenters. The number of nitrogens with two attached hydrogens (primary N) is 2. The van der Waals surface area contributed by atoms with Crippen LogP contribution in [0.2, 0.25) is 0 Å². The maximum atomic E-state index is 13.7. The molecule has 0 aliphatic carbocycles. The van der Waals surface area contributed by atoms with Crippen molar-refractivity contribution in [2.45, 2.75) is 135 Å². The van der Waals surface area contributed by atoms with E-state index in [1.165, 1.54) is 79.0 Å². The minimum atomic E-state index is -4.18. The number of H-pyrrole nitrogens is 2. The van der Waals surface area contributed by atoms with E-state index in [1.807, 2.05) is 23.6 Å². The van der Waals surface area contributed by atoms with E-state index in [4.69, 9.17) is 38.5 Å². The summed E-state index contributed by atoms with van der Waals surface area (Å²) in [5, 5.41) is 64.9. The number of nitriles is 3. The van der Waals surface area contributed by atoms with Crippen LogP contribution < -0.4 is 132 Å². The van der Waals surface area contributed by atoms with E-state index in [0.717, 1.165) is 40.2 Å². The zero-order valence-electron chi connectivity index (χ0n) is 68.2. The standard InChI is InChI=1S/C21H21FN4O4S.C21H23FN4O2S.C11H14N2O4S.C10H7FN2.C9H6FNO.C2H7NO2.CN.CH4O.CH4.B.K.2Na.2H/c1-13-8-14(2)21(20(9-13)26(27)28)31(29,30)24-15(3)11-25-12-16(6-7-23)18-10-17(22)4-5-19(18)25;1-13-8-14(2)21(19(24)9-13)29(27,28)25-15(3)11-26-12-16(6-7-23)18-10-17(22)4-5-20(18)26;1-7-4-8(2)11(10(5-7)13(14)15)18(16,17)12-6-9(12)3;11-8-1-2-10-9(5-8)7(3-4-12)6-13-10;10-7-1-2-9-8(3-7)6(5-12)4-11-9;1-4-2-5-3;2*1-2;;;;;;;/h4-5,8-10,12,15,24H,6,11H2,1-3H3;4-5,8-10,12,15,25H,6,11,24H2,1-3H3;4-5,9H,6H2,1-3H3;1-2,5-6,13H,3H2;1-5,11H;2-3H2,1H3;;2H,1H3;1H4;;;;;;/q;;;;;;-1;;;-1;3*+1;2*-1/t2*15-;9-,12?;;;;;;;;;;;;/m000............/s1. The van der Waals surface area contributed by atoms with E-state index in [0.29, 0.717) is 86.4 Å². The molecule has 0 bridgehead atoms. The maximum Gasteiger partial charge on any atom is 1.00 e. The molecule has 1 aliphatic rings. The molecule has 40 heteroatoms. The molecule has 1 aliphatic heterocycles. The molecule has 11 aromatic rings. The Balaban J connectivity index is -0.00000141. The molecule has 5 heterocycles. The number of aldehydes is 1. The third-order valence-corrected chi connectivity index (χ3v) is 22.3. The molecule has 1 saturated heterocycles. The Hall–Kier alpha value is -8.08. The van der Waals surface area contributed by atoms with Crippen LogP contribution in [0, 0.1) is 131 Å². The number of sulfonamides is 3. The van der Waals surface area contributed by atoms with Crippen LogP contribution in [0.15, 0.2) is 149 Å². The monoisotopic (exact) mass is 1710 g/mol. The van der Waals surface area contributed by atoms with Crippen LogP contribution in [-0.4, -0.2) is 124 Å². The average Bonchev–Trinajstić information content (AvgIpc) is 1.66. The number of ether oxygens (including phenoxy) is 1. The number of benzene rings is 7. The van der Waals surface area contributed by atoms with Gasteiger partial charge < -0.3 is 57.8 Å². The van der Waals surface area contributed by atoms with Gasteiger partial charge in [-0.15, -0.1) is 0 Å². The van der Waals surface area contributed by atoms with Gasteiger partial charge in [-0.25, -0.2) is 58.2 Å². The van der Waals surface area contributed by atoms with E-state index in [1.54, 1.807) is 126 Å². The number of carbonyl (C=O) groups is 1. The van der Waals surface area contributed by atoms with E-state index < -0.39 is 63.5 Å². The van der Waals surface area contributed by atoms with Crippen molar-refractivity contribution in [3.05, 3.63) is 240 Å². The molecule has 7 aromatic carbocycles. The SMILES string of the molecule is C.CO.COCON.Cc1cc(C)c(S(=O)(=O)N2C[C@@H]2C)c([N+](=O)[O-])c1.Cc1cc(C)c(S(=O)(=O)N[C@@H](C)Cn2cc(CC#N)c3cc(F)ccc32)c(N)c1.Cc1cc(C)c(S(=O)(=O)N[C@@H](C)Cn2cc(CC#N)c3cc(F)ccc32)c([N+](=O)[O-])c1.N#CCc1c[nH]c2ccc(F)cc12.O=Cc1c[nH]c2ccc(F)cc12.[B-].[C-]#N.[H-].[H-].[K+].[Na+].[Na+]. The maximum absolute atomic E-state index is 13.7. The third kappa shape index (κ3) is 29.4. The molecular weight excluding hydrogens is 1630 g/mol. The van der Waals surface area contributed by atoms with Gasteiger partial charge in [0.15, 0.2) is 22.9 Å². The number of hydrogen-bond acceptors (Lipinski definition) is 20. The second-order valence-corrected chi connectivity index (χ2v) is 30.5. The molecule has 12 rings (SSSR count). The Morgan fingerprint density at radius 2 is 0.983 bits per heavy atom. The number of methoxy groups -OCH3 is 1. The van der Waals surface area contributed by atoms with Gasteiger partial charge in [-0.2, -0.15) is 20.1 Å². The number of aromatic amines is 2. The van der Waals surface area contributed by atoms with Gasteiger partial charge in [0.1, 0.15) is 28.2 Å². The number of nitrogens with one attached hydrogen (secondary N) is 4. The van der Waals surface area contributed by atoms with Gasteiger partial charge in [-0.05, 0) is 191 Å². The average molecular weight is 1720 g/mol. The Morgan fingerprint density at radius 1 is 0.624 bits per heavy atom. The first kappa shape index (κ1) is 109. The summed E-state index contributed by atoms with van der Waals surface area (Å²) in [6.45, 7) is 21.0. The van der Waals surface area contributed by atoms with Crippen LogP contribution in [0.25, 0.3) is 43.6 Å². The summed E-state index contributed by atoms with van der Waals surface area (Å²) in [6.07, 6.45) is 8.02. The number of aromatic nitrogens is 4. The first-order valence-electron chi connectivity index (χ1n) is 33.5. The molecule has 608 valence electrons. The van der Waals surface area contributed by atoms with Crippen LogP contribution in [0.1, 0.15) is 91.5 Å². The number of nitro groups is 2. The van der Waals surface area contributed by atoms with Gasteiger partial charge in [-0.3, -0.25) is 29.9 Å². The number of anilines is 1. The second-order valence-electron chi connectivity index (χ2n) is 25.4. The van der Waals surface area contributed by atoms with Crippen LogP contribution in [0.5, 0.6) is 0 Å².